The number of nitrogens with zero attached hydrogens (tertiary/aromatic N) is 2. The molecule has 5 nitrogen and oxygen atoms in total. The third kappa shape index (κ3) is 2.50. The zero-order chi connectivity index (χ0) is 15.0. The van der Waals surface area contributed by atoms with Gasteiger partial charge in [-0.3, -0.25) is 5.43 Å². The van der Waals surface area contributed by atoms with Crippen molar-refractivity contribution in [3.63, 3.8) is 0 Å². The molecule has 0 bridgehead atoms. The molecule has 8 heteroatoms. The van der Waals surface area contributed by atoms with E-state index >= 15 is 0 Å². The second-order valence-electron chi connectivity index (χ2n) is 4.34. The van der Waals surface area contributed by atoms with Crippen LogP contribution in [0.1, 0.15) is 4.88 Å². The van der Waals surface area contributed by atoms with Crippen molar-refractivity contribution < 1.29 is 8.78 Å². The summed E-state index contributed by atoms with van der Waals surface area (Å²) in [4.78, 5) is 10.1. The lowest BCUT2D eigenvalue weighted by Crippen LogP contribution is -2.11. The lowest BCUT2D eigenvalue weighted by Gasteiger charge is -2.09. The van der Waals surface area contributed by atoms with Crippen LogP contribution in [0, 0.1) is 18.6 Å². The van der Waals surface area contributed by atoms with Gasteiger partial charge >= 0.3 is 0 Å². The van der Waals surface area contributed by atoms with Gasteiger partial charge in [-0.25, -0.2) is 19.6 Å². The Bertz CT molecular complexity index is 818. The van der Waals surface area contributed by atoms with Crippen LogP contribution in [-0.4, -0.2) is 9.97 Å². The first kappa shape index (κ1) is 13.7. The number of benzene rings is 1. The van der Waals surface area contributed by atoms with Gasteiger partial charge in [0.1, 0.15) is 10.6 Å². The number of thiophene rings is 1. The first-order valence-electron chi connectivity index (χ1n) is 6.04. The summed E-state index contributed by atoms with van der Waals surface area (Å²) in [7, 11) is 0. The molecule has 108 valence electrons. The van der Waals surface area contributed by atoms with Crippen LogP contribution < -0.4 is 16.6 Å². The summed E-state index contributed by atoms with van der Waals surface area (Å²) in [5.41, 5.74) is 2.36. The number of halogens is 2. The molecule has 0 saturated carbocycles. The lowest BCUT2D eigenvalue weighted by molar-refractivity contribution is 0.512. The maximum Gasteiger partial charge on any atom is 0.240 e. The molecule has 0 aliphatic heterocycles. The van der Waals surface area contributed by atoms with Crippen molar-refractivity contribution in [1.82, 2.24) is 9.97 Å². The number of hydrogen-bond donors (Lipinski definition) is 3. The van der Waals surface area contributed by atoms with Crippen molar-refractivity contribution in [2.75, 3.05) is 10.7 Å². The smallest absolute Gasteiger partial charge is 0.240 e. The summed E-state index contributed by atoms with van der Waals surface area (Å²) >= 11 is 1.46. The molecular weight excluding hydrogens is 296 g/mol. The summed E-state index contributed by atoms with van der Waals surface area (Å²) in [5, 5.41) is 3.51. The fraction of sp³-hybridized carbons (Fsp3) is 0.0769. The van der Waals surface area contributed by atoms with Gasteiger partial charge in [0, 0.05) is 4.88 Å². The van der Waals surface area contributed by atoms with E-state index in [0.29, 0.717) is 10.6 Å². The molecule has 0 aliphatic rings. The Morgan fingerprint density at radius 2 is 2.05 bits per heavy atom. The fourth-order valence-electron chi connectivity index (χ4n) is 1.93. The molecule has 0 amide bonds. The number of aryl methyl sites for hydroxylation is 1. The van der Waals surface area contributed by atoms with Gasteiger partial charge in [0.15, 0.2) is 11.6 Å². The van der Waals surface area contributed by atoms with Gasteiger partial charge in [0.05, 0.1) is 11.1 Å². The molecule has 21 heavy (non-hydrogen) atoms. The zero-order valence-corrected chi connectivity index (χ0v) is 11.8. The molecule has 0 spiro atoms. The number of nitrogen functional groups attached to an aromatic ring is 1. The summed E-state index contributed by atoms with van der Waals surface area (Å²) in [6.45, 7) is 1.93. The van der Waals surface area contributed by atoms with Crippen LogP contribution >= 0.6 is 11.3 Å². The van der Waals surface area contributed by atoms with Crippen molar-refractivity contribution in [1.29, 1.82) is 0 Å². The lowest BCUT2D eigenvalue weighted by atomic mass is 10.2. The second kappa shape index (κ2) is 5.23. The van der Waals surface area contributed by atoms with Crippen LogP contribution in [0.4, 0.5) is 26.2 Å². The van der Waals surface area contributed by atoms with Crippen LogP contribution in [0.3, 0.4) is 0 Å². The normalized spacial score (nSPS) is 10.9. The van der Waals surface area contributed by atoms with E-state index < -0.39 is 11.6 Å². The topological polar surface area (TPSA) is 75.9 Å². The number of hydrogen-bond acceptors (Lipinski definition) is 6. The Kier molecular flexibility index (Phi) is 3.40. The Morgan fingerprint density at radius 3 is 2.81 bits per heavy atom. The van der Waals surface area contributed by atoms with Crippen LogP contribution in [0.15, 0.2) is 24.3 Å². The number of fused-ring (bicyclic) bond motifs is 1. The largest absolute Gasteiger partial charge is 0.337 e. The van der Waals surface area contributed by atoms with E-state index in [9.17, 15) is 8.78 Å². The molecule has 0 saturated heterocycles. The number of rotatable bonds is 3. The molecular formula is C13H11F2N5S. The minimum Gasteiger partial charge on any atom is -0.337 e. The van der Waals surface area contributed by atoms with Crippen LogP contribution in [0.5, 0.6) is 0 Å². The maximum absolute atomic E-state index is 13.8. The standard InChI is InChI=1S/C13H11F2N5S/c1-6-5-7-11(18-13(20-16)19-12(7)21-6)17-9-4-2-3-8(14)10(9)15/h2-5H,16H2,1H3,(H2,17,18,19,20). The monoisotopic (exact) mass is 307 g/mol. The highest BCUT2D eigenvalue weighted by Gasteiger charge is 2.13. The highest BCUT2D eigenvalue weighted by atomic mass is 32.1. The fourth-order valence-corrected chi connectivity index (χ4v) is 2.81. The number of nitrogens with two attached hydrogens (primary N) is 1. The molecule has 0 fully saturated rings. The molecule has 0 atom stereocenters. The molecule has 4 N–H and O–H groups in total. The quantitative estimate of drug-likeness (QED) is 0.511. The third-order valence-electron chi connectivity index (χ3n) is 2.85. The molecule has 0 aliphatic carbocycles. The summed E-state index contributed by atoms with van der Waals surface area (Å²) in [5.74, 6) is 4.01. The number of nitrogens with one attached hydrogen (secondary N) is 2. The molecule has 2 heterocycles. The van der Waals surface area contributed by atoms with Gasteiger partial charge in [0.2, 0.25) is 5.95 Å². The third-order valence-corrected chi connectivity index (χ3v) is 3.79. The summed E-state index contributed by atoms with van der Waals surface area (Å²) < 4.78 is 27.0. The molecule has 0 radical (unpaired) electrons. The van der Waals surface area contributed by atoms with Crippen molar-refractivity contribution in [3.8, 4) is 0 Å². The first-order valence-corrected chi connectivity index (χ1v) is 6.86. The zero-order valence-electron chi connectivity index (χ0n) is 10.9. The predicted molar refractivity (Wildman–Crippen MR) is 79.6 cm³/mol. The van der Waals surface area contributed by atoms with Gasteiger partial charge in [-0.2, -0.15) is 4.98 Å². The van der Waals surface area contributed by atoms with Crippen molar-refractivity contribution in [3.05, 3.63) is 40.8 Å². The molecule has 1 aromatic carbocycles. The molecule has 3 aromatic rings. The average Bonchev–Trinajstić information content (AvgIpc) is 2.84. The Morgan fingerprint density at radius 1 is 1.24 bits per heavy atom. The maximum atomic E-state index is 13.8. The van der Waals surface area contributed by atoms with Crippen LogP contribution in [0.25, 0.3) is 10.2 Å². The molecule has 2 aromatic heterocycles. The SMILES string of the molecule is Cc1cc2c(Nc3cccc(F)c3F)nc(NN)nc2s1. The van der Waals surface area contributed by atoms with Crippen molar-refractivity contribution in [2.45, 2.75) is 6.92 Å². The minimum absolute atomic E-state index is 0.00169. The van der Waals surface area contributed by atoms with Gasteiger partial charge < -0.3 is 5.32 Å². The minimum atomic E-state index is -0.960. The summed E-state index contributed by atoms with van der Waals surface area (Å²) in [6.07, 6.45) is 0. The van der Waals surface area contributed by atoms with E-state index in [1.807, 2.05) is 13.0 Å². The predicted octanol–water partition coefficient (Wildman–Crippen LogP) is 3.31. The van der Waals surface area contributed by atoms with Gasteiger partial charge in [-0.1, -0.05) is 6.07 Å². The average molecular weight is 307 g/mol. The Hall–Kier alpha value is -2.32. The second-order valence-corrected chi connectivity index (χ2v) is 5.58. The summed E-state index contributed by atoms with van der Waals surface area (Å²) in [6, 6.07) is 5.78. The highest BCUT2D eigenvalue weighted by molar-refractivity contribution is 7.18. The van der Waals surface area contributed by atoms with Crippen LogP contribution in [0.2, 0.25) is 0 Å². The van der Waals surface area contributed by atoms with E-state index in [4.69, 9.17) is 5.84 Å². The number of hydrazine groups is 1. The molecule has 3 rings (SSSR count). The van der Waals surface area contributed by atoms with E-state index in [1.165, 1.54) is 23.5 Å². The highest BCUT2D eigenvalue weighted by Crippen LogP contribution is 2.31. The number of aromatic nitrogens is 2. The van der Waals surface area contributed by atoms with Gasteiger partial charge in [0.25, 0.3) is 0 Å². The van der Waals surface area contributed by atoms with Gasteiger partial charge in [-0.05, 0) is 25.1 Å². The van der Waals surface area contributed by atoms with E-state index in [1.54, 1.807) is 0 Å². The molecule has 0 unspecified atom stereocenters. The first-order chi connectivity index (χ1) is 10.1. The van der Waals surface area contributed by atoms with E-state index in [0.717, 1.165) is 16.3 Å². The number of anilines is 3. The Labute approximate surface area is 122 Å². The van der Waals surface area contributed by atoms with Crippen LogP contribution in [-0.2, 0) is 0 Å². The van der Waals surface area contributed by atoms with Crippen molar-refractivity contribution >= 4 is 39.0 Å². The Balaban J connectivity index is 2.12. The van der Waals surface area contributed by atoms with E-state index in [-0.39, 0.29) is 11.6 Å². The van der Waals surface area contributed by atoms with E-state index in [2.05, 4.69) is 20.7 Å². The van der Waals surface area contributed by atoms with Crippen molar-refractivity contribution in [2.24, 2.45) is 5.84 Å². The van der Waals surface area contributed by atoms with Gasteiger partial charge in [-0.15, -0.1) is 11.3 Å².